The van der Waals surface area contributed by atoms with Gasteiger partial charge in [0.25, 0.3) is 11.8 Å². The maximum Gasteiger partial charge on any atom is 0.272 e. The van der Waals surface area contributed by atoms with Crippen molar-refractivity contribution in [2.45, 2.75) is 74.7 Å². The van der Waals surface area contributed by atoms with E-state index in [1.807, 2.05) is 0 Å². The van der Waals surface area contributed by atoms with Gasteiger partial charge in [-0.25, -0.2) is 28.0 Å². The molecule has 0 bridgehead atoms. The zero-order valence-corrected chi connectivity index (χ0v) is 18.1. The van der Waals surface area contributed by atoms with E-state index in [0.29, 0.717) is 12.8 Å². The van der Waals surface area contributed by atoms with Crippen molar-refractivity contribution < 1.29 is 32.6 Å². The third kappa shape index (κ3) is 4.09. The van der Waals surface area contributed by atoms with Gasteiger partial charge < -0.3 is 25.9 Å². The number of rotatable bonds is 3. The molecule has 186 valence electrons. The van der Waals surface area contributed by atoms with E-state index in [4.69, 9.17) is 0 Å². The first-order valence-electron chi connectivity index (χ1n) is 11.3. The number of hydrogen-bond donors (Lipinski definition) is 5. The first kappa shape index (κ1) is 23.2. The molecule has 2 fully saturated rings. The van der Waals surface area contributed by atoms with Crippen molar-refractivity contribution in [1.82, 2.24) is 21.1 Å². The zero-order valence-electron chi connectivity index (χ0n) is 18.1. The molecule has 1 saturated heterocycles. The van der Waals surface area contributed by atoms with Gasteiger partial charge in [0.2, 0.25) is 0 Å². The lowest BCUT2D eigenvalue weighted by Gasteiger charge is -2.33. The van der Waals surface area contributed by atoms with Gasteiger partial charge in [-0.2, -0.15) is 0 Å². The topological polar surface area (TPSA) is 122 Å². The molecule has 0 aromatic rings. The minimum atomic E-state index is -3.25. The van der Waals surface area contributed by atoms with Crippen LogP contribution in [0.5, 0.6) is 0 Å². The Labute approximate surface area is 192 Å². The summed E-state index contributed by atoms with van der Waals surface area (Å²) in [6.45, 7) is -0.920. The van der Waals surface area contributed by atoms with E-state index < -0.39 is 73.2 Å². The number of amides is 1. The molecule has 7 atom stereocenters. The minimum absolute atomic E-state index is 0.0826. The molecule has 5 rings (SSSR count). The molecule has 2 aliphatic carbocycles. The standard InChI is InChI=1S/C21H26F4N6O3/c22-9-1-2-11(23)10(5-9)13-6-21(24,25)7-31(13)20(34)16-15-18(26-8-27-19(15)30-29-16)28-12-3-4-14(32)17(12)33/h2,8-10,12-14,17,19,29-30,32-33H,1,3-7H2,(H,26,27,28)/t9?,10?,12-,13-,14-,17+,19?/m1/s1. The Kier molecular flexibility index (Phi) is 5.89. The monoisotopic (exact) mass is 486 g/mol. The lowest BCUT2D eigenvalue weighted by Crippen LogP contribution is -2.45. The van der Waals surface area contributed by atoms with Crippen LogP contribution in [0.2, 0.25) is 0 Å². The fraction of sp³-hybridized carbons (Fsp3) is 0.667. The molecule has 1 amide bonds. The highest BCUT2D eigenvalue weighted by Gasteiger charge is 2.53. The molecule has 0 aromatic carbocycles. The molecular weight excluding hydrogens is 460 g/mol. The average molecular weight is 486 g/mol. The highest BCUT2D eigenvalue weighted by Crippen LogP contribution is 2.42. The van der Waals surface area contributed by atoms with Gasteiger partial charge in [0.15, 0.2) is 0 Å². The number of allylic oxidation sites excluding steroid dienone is 1. The summed E-state index contributed by atoms with van der Waals surface area (Å²) < 4.78 is 57.4. The van der Waals surface area contributed by atoms with Gasteiger partial charge in [-0.15, -0.1) is 0 Å². The van der Waals surface area contributed by atoms with E-state index in [0.717, 1.165) is 11.0 Å². The van der Waals surface area contributed by atoms with Crippen LogP contribution < -0.4 is 16.2 Å². The van der Waals surface area contributed by atoms with E-state index in [9.17, 15) is 32.6 Å². The average Bonchev–Trinajstić information content (AvgIpc) is 3.46. The predicted molar refractivity (Wildman–Crippen MR) is 113 cm³/mol. The molecule has 13 heteroatoms. The normalized spacial score (nSPS) is 40.3. The number of aliphatic hydroxyl groups excluding tert-OH is 2. The molecule has 34 heavy (non-hydrogen) atoms. The Morgan fingerprint density at radius 3 is 2.82 bits per heavy atom. The second kappa shape index (κ2) is 8.61. The largest absolute Gasteiger partial charge is 0.390 e. The van der Waals surface area contributed by atoms with Gasteiger partial charge in [0.1, 0.15) is 35.8 Å². The van der Waals surface area contributed by atoms with Crippen molar-refractivity contribution in [3.05, 3.63) is 23.2 Å². The van der Waals surface area contributed by atoms with Crippen LogP contribution in [0.25, 0.3) is 0 Å². The van der Waals surface area contributed by atoms with E-state index in [1.165, 1.54) is 6.34 Å². The summed E-state index contributed by atoms with van der Waals surface area (Å²) in [5.74, 6) is -5.68. The molecule has 0 spiro atoms. The maximum absolute atomic E-state index is 14.5. The number of halogens is 4. The number of likely N-dealkylation sites (tertiary alicyclic amines) is 1. The SMILES string of the molecule is O=C(C1=C2C(=N[C@@H]3CC[C@@H](O)[C@H]3O)NC=NC2NN1)N1CC(F)(F)C[C@@H]1C1CC(F)CC=C1F. The summed E-state index contributed by atoms with van der Waals surface area (Å²) in [6.07, 6.45) is -2.05. The summed E-state index contributed by atoms with van der Waals surface area (Å²) in [7, 11) is 0. The quantitative estimate of drug-likeness (QED) is 0.369. The highest BCUT2D eigenvalue weighted by molar-refractivity contribution is 6.12. The number of carbonyl (C=O) groups excluding carboxylic acids is 1. The van der Waals surface area contributed by atoms with Crippen LogP contribution in [0.4, 0.5) is 17.6 Å². The van der Waals surface area contributed by atoms with Crippen LogP contribution in [0.15, 0.2) is 33.2 Å². The van der Waals surface area contributed by atoms with Crippen LogP contribution in [-0.2, 0) is 4.79 Å². The van der Waals surface area contributed by atoms with Crippen molar-refractivity contribution in [1.29, 1.82) is 0 Å². The molecule has 1 saturated carbocycles. The van der Waals surface area contributed by atoms with Crippen molar-refractivity contribution in [3.8, 4) is 0 Å². The summed E-state index contributed by atoms with van der Waals surface area (Å²) in [6, 6.07) is -1.83. The number of nitrogens with one attached hydrogen (secondary N) is 3. The van der Waals surface area contributed by atoms with Gasteiger partial charge in [-0.3, -0.25) is 9.79 Å². The second-order valence-electron chi connectivity index (χ2n) is 9.39. The molecule has 5 aliphatic rings. The van der Waals surface area contributed by atoms with Crippen LogP contribution in [-0.4, -0.2) is 82.3 Å². The first-order chi connectivity index (χ1) is 16.1. The summed E-state index contributed by atoms with van der Waals surface area (Å²) in [5, 5.41) is 22.8. The fourth-order valence-corrected chi connectivity index (χ4v) is 5.34. The van der Waals surface area contributed by atoms with E-state index in [1.54, 1.807) is 0 Å². The summed E-state index contributed by atoms with van der Waals surface area (Å²) in [5.41, 5.74) is 5.65. The Hall–Kier alpha value is -2.51. The number of hydrogen-bond acceptors (Lipinski definition) is 7. The first-order valence-corrected chi connectivity index (χ1v) is 11.3. The summed E-state index contributed by atoms with van der Waals surface area (Å²) >= 11 is 0. The number of aliphatic hydroxyl groups is 2. The van der Waals surface area contributed by atoms with Gasteiger partial charge in [0, 0.05) is 18.4 Å². The molecule has 3 aliphatic heterocycles. The Bertz CT molecular complexity index is 986. The van der Waals surface area contributed by atoms with Gasteiger partial charge >= 0.3 is 0 Å². The highest BCUT2D eigenvalue weighted by atomic mass is 19.3. The Morgan fingerprint density at radius 1 is 1.29 bits per heavy atom. The number of alkyl halides is 3. The van der Waals surface area contributed by atoms with E-state index >= 15 is 0 Å². The van der Waals surface area contributed by atoms with Gasteiger partial charge in [0.05, 0.1) is 30.6 Å². The number of carbonyl (C=O) groups is 1. The molecule has 5 N–H and O–H groups in total. The van der Waals surface area contributed by atoms with E-state index in [2.05, 4.69) is 26.2 Å². The zero-order chi connectivity index (χ0) is 24.2. The van der Waals surface area contributed by atoms with Crippen molar-refractivity contribution in [2.75, 3.05) is 6.54 Å². The van der Waals surface area contributed by atoms with Crippen LogP contribution in [0.1, 0.15) is 32.1 Å². The molecule has 9 nitrogen and oxygen atoms in total. The number of amidine groups is 1. The van der Waals surface area contributed by atoms with Crippen molar-refractivity contribution in [3.63, 3.8) is 0 Å². The Balaban J connectivity index is 1.48. The van der Waals surface area contributed by atoms with E-state index in [-0.39, 0.29) is 29.9 Å². The molecule has 3 unspecified atom stereocenters. The van der Waals surface area contributed by atoms with Crippen molar-refractivity contribution in [2.24, 2.45) is 15.9 Å². The molecule has 3 heterocycles. The third-order valence-corrected chi connectivity index (χ3v) is 7.08. The molecular formula is C21H26F4N6O3. The van der Waals surface area contributed by atoms with Gasteiger partial charge in [-0.1, -0.05) is 0 Å². The predicted octanol–water partition coefficient (Wildman–Crippen LogP) is 0.426. The van der Waals surface area contributed by atoms with Crippen molar-refractivity contribution >= 4 is 18.1 Å². The second-order valence-corrected chi connectivity index (χ2v) is 9.39. The van der Waals surface area contributed by atoms with Gasteiger partial charge in [-0.05, 0) is 31.8 Å². The number of hydrazine groups is 1. The lowest BCUT2D eigenvalue weighted by molar-refractivity contribution is -0.130. The molecule has 0 radical (unpaired) electrons. The summed E-state index contributed by atoms with van der Waals surface area (Å²) in [4.78, 5) is 23.0. The smallest absolute Gasteiger partial charge is 0.272 e. The maximum atomic E-state index is 14.5. The van der Waals surface area contributed by atoms with Crippen LogP contribution >= 0.6 is 0 Å². The minimum Gasteiger partial charge on any atom is -0.390 e. The fourth-order valence-electron chi connectivity index (χ4n) is 5.34. The third-order valence-electron chi connectivity index (χ3n) is 7.08. The van der Waals surface area contributed by atoms with Crippen LogP contribution in [0, 0.1) is 5.92 Å². The number of nitrogens with zero attached hydrogens (tertiary/aromatic N) is 3. The van der Waals surface area contributed by atoms with Crippen LogP contribution in [0.3, 0.4) is 0 Å². The number of aliphatic imine (C=N–C) groups is 2. The lowest BCUT2D eigenvalue weighted by atomic mass is 9.85. The Morgan fingerprint density at radius 2 is 2.09 bits per heavy atom. The number of fused-ring (bicyclic) bond motifs is 1. The molecule has 0 aromatic heterocycles.